The van der Waals surface area contributed by atoms with Crippen LogP contribution in [0.4, 0.5) is 10.3 Å². The van der Waals surface area contributed by atoms with Gasteiger partial charge < -0.3 is 99.8 Å². The van der Waals surface area contributed by atoms with Crippen molar-refractivity contribution in [2.24, 2.45) is 22.1 Å². The number of thiazole rings is 2. The molecule has 12 rings (SSSR count). The normalized spacial score (nSPS) is 22.1. The maximum absolute atomic E-state index is 14.5. The minimum Gasteiger partial charge on any atom is -0.504 e. The first-order valence-corrected chi connectivity index (χ1v) is 40.9. The maximum atomic E-state index is 14.5. The predicted molar refractivity (Wildman–Crippen MR) is 422 cm³/mol. The molecule has 6 aliphatic heterocycles. The van der Waals surface area contributed by atoms with Gasteiger partial charge >= 0.3 is 23.9 Å². The topological polar surface area (TPSA) is 481 Å². The van der Waals surface area contributed by atoms with Crippen molar-refractivity contribution < 1.29 is 117 Å². The number of benzene rings is 4. The van der Waals surface area contributed by atoms with Crippen LogP contribution < -0.4 is 30.4 Å². The number of fused-ring (bicyclic) bond motifs is 2. The number of ketones is 2. The average molecular weight is 1730 g/mol. The van der Waals surface area contributed by atoms with Crippen molar-refractivity contribution in [3.8, 4) is 34.5 Å². The summed E-state index contributed by atoms with van der Waals surface area (Å²) in [5.41, 5.74) is 9.14. The summed E-state index contributed by atoms with van der Waals surface area (Å²) in [5.74, 6) is -9.12. The number of aliphatic carboxylic acids is 4. The third-order valence-corrected chi connectivity index (χ3v) is 27.9. The van der Waals surface area contributed by atoms with Crippen LogP contribution in [0.1, 0.15) is 83.8 Å². The number of β-lactam (4-membered cyclic amide) rings is 2. The summed E-state index contributed by atoms with van der Waals surface area (Å²) in [6, 6.07) is 19.1. The number of rotatable bonds is 32. The van der Waals surface area contributed by atoms with Crippen LogP contribution >= 0.6 is 92.9 Å². The number of oxime groups is 2. The number of hydrogen-bond acceptors (Lipinski definition) is 32. The average Bonchev–Trinajstić information content (AvgIpc) is 1.58. The number of hydrogen-bond donors (Lipinski definition) is 8. The Morgan fingerprint density at radius 3 is 1.41 bits per heavy atom. The van der Waals surface area contributed by atoms with Gasteiger partial charge in [-0.25, -0.2) is 29.1 Å². The highest BCUT2D eigenvalue weighted by Crippen LogP contribution is 2.57. The van der Waals surface area contributed by atoms with Gasteiger partial charge in [0.1, 0.15) is 36.1 Å². The molecular weight excluding hydrogens is 1650 g/mol. The van der Waals surface area contributed by atoms with Crippen molar-refractivity contribution in [1.82, 2.24) is 29.6 Å². The lowest BCUT2D eigenvalue weighted by Crippen LogP contribution is -2.57. The number of phenolic OH excluding ortho intramolecular Hbond substituents is 2. The van der Waals surface area contributed by atoms with Crippen molar-refractivity contribution in [3.05, 3.63) is 127 Å². The number of nitrogen functional groups attached to an aromatic ring is 2. The number of halogens is 2. The number of Topliss-reactive ketones (excluding diaryl/α,β-unsaturated/α-hetero) is 2. The van der Waals surface area contributed by atoms with Crippen molar-refractivity contribution in [3.63, 3.8) is 0 Å². The number of anilines is 2. The minimum absolute atomic E-state index is 0.0269. The molecule has 0 aliphatic carbocycles. The van der Waals surface area contributed by atoms with Gasteiger partial charge in [-0.15, -0.1) is 69.7 Å². The first-order chi connectivity index (χ1) is 54.1. The molecule has 4 amide bonds. The zero-order valence-electron chi connectivity index (χ0n) is 61.4. The number of morpholine rings is 2. The van der Waals surface area contributed by atoms with Gasteiger partial charge in [-0.1, -0.05) is 57.8 Å². The van der Waals surface area contributed by atoms with E-state index in [9.17, 15) is 78.6 Å². The lowest BCUT2D eigenvalue weighted by molar-refractivity contribution is -0.161. The SMILES string of the molecule is CC(C)(O/N=C(\C(=O)C[C@@H]1C(=O)N2C[C@](SC[C@H]3COCCN3C(=O)c3ccc(O)c(O)c3Cl)(C(=O)O)SC12)c1csc(N)n1)C(=O)O.COc1ccc(COc2ccc(C(=O)N3CCOC[C@@H]3CS[C@]3(C(=O)O)CN4C(=O)[C@@H](CC(=O)/C(=N\OC(C)(C)C(=O)O)c5csc(N)n5)C4S3)c(Cl)c2OCc2ccc(OC)cc2)cc1. The van der Waals surface area contributed by atoms with E-state index in [1.165, 1.54) is 59.2 Å². The van der Waals surface area contributed by atoms with Crippen LogP contribution in [0.25, 0.3) is 0 Å². The summed E-state index contributed by atoms with van der Waals surface area (Å²) in [6.45, 7) is 5.90. The number of carbonyl (C=O) groups is 10. The molecule has 6 saturated heterocycles. The third-order valence-electron chi connectivity index (χ3n) is 18.9. The van der Waals surface area contributed by atoms with E-state index >= 15 is 0 Å². The highest BCUT2D eigenvalue weighted by atomic mass is 35.5. The van der Waals surface area contributed by atoms with E-state index in [2.05, 4.69) is 20.3 Å². The Morgan fingerprint density at radius 1 is 0.605 bits per heavy atom. The lowest BCUT2D eigenvalue weighted by Gasteiger charge is -2.41. The Labute approximate surface area is 685 Å². The molecule has 0 radical (unpaired) electrons. The lowest BCUT2D eigenvalue weighted by atomic mass is 9.90. The second kappa shape index (κ2) is 35.7. The molecule has 2 aromatic heterocycles. The minimum atomic E-state index is -1.79. The van der Waals surface area contributed by atoms with Crippen LogP contribution in [0.3, 0.4) is 0 Å². The van der Waals surface area contributed by atoms with E-state index in [-0.39, 0.29) is 150 Å². The molecule has 2 unspecified atom stereocenters. The van der Waals surface area contributed by atoms with Gasteiger partial charge in [0.2, 0.25) is 23.0 Å². The smallest absolute Gasteiger partial charge is 0.350 e. The number of phenols is 2. The fourth-order valence-corrected chi connectivity index (χ4v) is 20.3. The van der Waals surface area contributed by atoms with Crippen LogP contribution in [0.5, 0.6) is 34.5 Å². The number of aromatic nitrogens is 2. The monoisotopic (exact) mass is 1730 g/mol. The maximum Gasteiger partial charge on any atom is 0.350 e. The summed E-state index contributed by atoms with van der Waals surface area (Å²) >= 11 is 19.4. The van der Waals surface area contributed by atoms with Gasteiger partial charge in [0.15, 0.2) is 64.4 Å². The number of carbonyl (C=O) groups excluding carboxylic acids is 6. The van der Waals surface area contributed by atoms with Crippen LogP contribution in [-0.4, -0.2) is 251 Å². The molecule has 0 bridgehead atoms. The van der Waals surface area contributed by atoms with E-state index in [1.54, 1.807) is 43.4 Å². The molecule has 8 atom stereocenters. The molecular formula is C72H76Cl2N10O24S6. The molecule has 4 aromatic carbocycles. The predicted octanol–water partition coefficient (Wildman–Crippen LogP) is 7.60. The fraction of sp³-hybridized carbons (Fsp3) is 0.417. The van der Waals surface area contributed by atoms with Crippen LogP contribution in [-0.2, 0) is 70.7 Å². The van der Waals surface area contributed by atoms with Crippen LogP contribution in [0.2, 0.25) is 10.0 Å². The zero-order chi connectivity index (χ0) is 82.5. The number of carboxylic acids is 4. The molecule has 8 heterocycles. The first-order valence-electron chi connectivity index (χ1n) is 34.6. The first kappa shape index (κ1) is 85.4. The van der Waals surface area contributed by atoms with E-state index < -0.39 is 125 Å². The van der Waals surface area contributed by atoms with Gasteiger partial charge in [0.25, 0.3) is 11.8 Å². The van der Waals surface area contributed by atoms with Gasteiger partial charge in [0, 0.05) is 48.2 Å². The number of carboxylic acid groups (broad SMARTS) is 4. The van der Waals surface area contributed by atoms with Crippen LogP contribution in [0, 0.1) is 11.8 Å². The van der Waals surface area contributed by atoms with Crippen molar-refractivity contribution >= 4 is 174 Å². The molecule has 608 valence electrons. The summed E-state index contributed by atoms with van der Waals surface area (Å²) in [4.78, 5) is 155. The Morgan fingerprint density at radius 2 is 1.02 bits per heavy atom. The summed E-state index contributed by atoms with van der Waals surface area (Å²) in [7, 11) is 3.15. The number of nitrogens with zero attached hydrogens (tertiary/aromatic N) is 8. The van der Waals surface area contributed by atoms with Crippen molar-refractivity contribution in [2.45, 2.75) is 95.9 Å². The van der Waals surface area contributed by atoms with Crippen molar-refractivity contribution in [1.29, 1.82) is 0 Å². The molecule has 6 aromatic rings. The second-order valence-corrected chi connectivity index (χ2v) is 35.8. The number of thioether (sulfide) groups is 4. The summed E-state index contributed by atoms with van der Waals surface area (Å²) in [5, 5.41) is 68.8. The van der Waals surface area contributed by atoms with Crippen molar-refractivity contribution in [2.75, 3.05) is 89.8 Å². The molecule has 6 fully saturated rings. The number of nitrogens with two attached hydrogens (primary N) is 2. The summed E-state index contributed by atoms with van der Waals surface area (Å²) < 4.78 is 31.3. The largest absolute Gasteiger partial charge is 0.504 e. The Bertz CT molecular complexity index is 4790. The Hall–Kier alpha value is -9.52. The van der Waals surface area contributed by atoms with Gasteiger partial charge in [0.05, 0.1) is 110 Å². The molecule has 0 spiro atoms. The number of aromatic hydroxyl groups is 2. The van der Waals surface area contributed by atoms with Crippen LogP contribution in [0.15, 0.2) is 93.9 Å². The van der Waals surface area contributed by atoms with E-state index in [4.69, 9.17) is 72.8 Å². The highest BCUT2D eigenvalue weighted by Gasteiger charge is 2.64. The fourth-order valence-electron chi connectivity index (χ4n) is 12.2. The highest BCUT2D eigenvalue weighted by molar-refractivity contribution is 8.20. The number of ether oxygens (including phenoxy) is 6. The standard InChI is InChI=1S/C44H46ClN5O13S3.C28H30ClN5O11S3/c1-43(2,40(54)55)63-48-35(31-22-64-42(46)47-31)32(51)17-30-38(53)50-23-44(41(56)57,66-39(30)50)65-21-26-20-60-16-15-49(26)37(52)29-13-14-33(61-18-24-5-9-27(58-3)10-6-24)36(34(29)45)62-19-25-7-11-28(59-4)12-8-25;1-27(2,24(40)41)45-32-19(15-10-46-26(30)31-15)17(36)7-14-22(39)34-11-28(25(42)43,48-23(14)34)47-9-12-8-44-6-5-33(12)21(38)13-3-4-16(35)20(37)18(13)29/h5-14,22,26,30,39H,15-21,23H2,1-4H3,(H2,46,47)(H,54,55)(H,56,57);3-4,10,12,14,23,35,37H,5-9,11H2,1-2H3,(H2,30,31)(H,40,41)(H,42,43)/b48-35-;32-19-/t26-,30-,39?,44-;12-,14-,23?,28-/m11/s1. The molecule has 6 aliphatic rings. The number of methoxy groups -OCH3 is 2. The van der Waals surface area contributed by atoms with E-state index in [0.29, 0.717) is 17.2 Å². The molecule has 0 saturated carbocycles. The molecule has 10 N–H and O–H groups in total. The molecule has 42 heteroatoms. The molecule has 114 heavy (non-hydrogen) atoms. The van der Waals surface area contributed by atoms with Gasteiger partial charge in [-0.2, -0.15) is 0 Å². The van der Waals surface area contributed by atoms with E-state index in [0.717, 1.165) is 86.9 Å². The summed E-state index contributed by atoms with van der Waals surface area (Å²) in [6.07, 6.45) is -0.753. The Kier molecular flexibility index (Phi) is 26.7. The Balaban J connectivity index is 0.000000236. The quantitative estimate of drug-likeness (QED) is 0.00871. The van der Waals surface area contributed by atoms with Gasteiger partial charge in [-0.05, 0) is 87.4 Å². The zero-order valence-corrected chi connectivity index (χ0v) is 67.8. The van der Waals surface area contributed by atoms with E-state index in [1.807, 2.05) is 36.4 Å². The third kappa shape index (κ3) is 18.6. The van der Waals surface area contributed by atoms with Gasteiger partial charge in [-0.3, -0.25) is 28.8 Å². The molecule has 34 nitrogen and oxygen atoms in total. The number of amides is 4. The second-order valence-electron chi connectivity index (χ2n) is 27.3.